The molecule has 0 heterocycles. The van der Waals surface area contributed by atoms with Crippen molar-refractivity contribution in [2.24, 2.45) is 0 Å². The molecule has 1 aromatic rings. The molecule has 0 unspecified atom stereocenters. The molecule has 0 saturated heterocycles. The van der Waals surface area contributed by atoms with Crippen LogP contribution in [-0.4, -0.2) is 24.2 Å². The maximum Gasteiger partial charge on any atom is 0.328 e. The van der Waals surface area contributed by atoms with Gasteiger partial charge in [-0.1, -0.05) is 35.9 Å². The number of benzene rings is 1. The lowest BCUT2D eigenvalue weighted by Crippen LogP contribution is -2.24. The Balaban J connectivity index is 3.24. The fraction of sp³-hybridized carbons (Fsp3) is 0.133. The van der Waals surface area contributed by atoms with Gasteiger partial charge < -0.3 is 10.0 Å². The summed E-state index contributed by atoms with van der Waals surface area (Å²) in [5.41, 5.74) is 1.53. The van der Waals surface area contributed by atoms with Crippen LogP contribution in [0.3, 0.4) is 0 Å². The van der Waals surface area contributed by atoms with Crippen molar-refractivity contribution >= 4 is 29.3 Å². The van der Waals surface area contributed by atoms with Gasteiger partial charge in [-0.25, -0.2) is 4.79 Å². The third-order valence-corrected chi connectivity index (χ3v) is 2.74. The van der Waals surface area contributed by atoms with Gasteiger partial charge in [-0.05, 0) is 17.7 Å². The van der Waals surface area contributed by atoms with Gasteiger partial charge >= 0.3 is 5.97 Å². The lowest BCUT2D eigenvalue weighted by Gasteiger charge is -2.24. The quantitative estimate of drug-likeness (QED) is 0.611. The van der Waals surface area contributed by atoms with E-state index in [1.54, 1.807) is 24.3 Å². The molecular formula is C15H16ClNO2. The second-order valence-corrected chi connectivity index (χ2v) is 4.24. The van der Waals surface area contributed by atoms with Crippen LogP contribution in [0, 0.1) is 0 Å². The second kappa shape index (κ2) is 7.44. The third kappa shape index (κ3) is 4.30. The molecule has 0 fully saturated rings. The number of rotatable bonds is 7. The average Bonchev–Trinajstić information content (AvgIpc) is 2.36. The molecule has 19 heavy (non-hydrogen) atoms. The first kappa shape index (κ1) is 15.1. The predicted octanol–water partition coefficient (Wildman–Crippen LogP) is 3.62. The summed E-state index contributed by atoms with van der Waals surface area (Å²) in [6.45, 7) is 8.62. The van der Waals surface area contributed by atoms with Gasteiger partial charge in [-0.3, -0.25) is 0 Å². The minimum atomic E-state index is -0.995. The van der Waals surface area contributed by atoms with Gasteiger partial charge in [0.25, 0.3) is 0 Å². The molecule has 0 radical (unpaired) electrons. The molecule has 0 aliphatic carbocycles. The molecule has 0 bridgehead atoms. The molecule has 0 aliphatic heterocycles. The number of nitrogens with zero attached hydrogens (tertiary/aromatic N) is 1. The van der Waals surface area contributed by atoms with Crippen LogP contribution < -0.4 is 4.90 Å². The molecule has 0 aromatic heterocycles. The van der Waals surface area contributed by atoms with Crippen LogP contribution in [0.25, 0.3) is 6.08 Å². The molecule has 1 rings (SSSR count). The molecule has 1 N–H and O–H groups in total. The Labute approximate surface area is 118 Å². The normalized spacial score (nSPS) is 10.4. The van der Waals surface area contributed by atoms with Gasteiger partial charge in [0.15, 0.2) is 0 Å². The van der Waals surface area contributed by atoms with E-state index in [-0.39, 0.29) is 0 Å². The zero-order valence-electron chi connectivity index (χ0n) is 10.6. The molecule has 0 amide bonds. The van der Waals surface area contributed by atoms with Crippen molar-refractivity contribution < 1.29 is 9.90 Å². The largest absolute Gasteiger partial charge is 0.478 e. The van der Waals surface area contributed by atoms with Gasteiger partial charge in [-0.15, -0.1) is 13.2 Å². The summed E-state index contributed by atoms with van der Waals surface area (Å²) >= 11 is 6.22. The monoisotopic (exact) mass is 277 g/mol. The number of anilines is 1. The zero-order valence-corrected chi connectivity index (χ0v) is 11.3. The van der Waals surface area contributed by atoms with E-state index in [0.717, 1.165) is 17.3 Å². The van der Waals surface area contributed by atoms with Gasteiger partial charge in [0.1, 0.15) is 0 Å². The molecule has 100 valence electrons. The van der Waals surface area contributed by atoms with E-state index in [1.165, 1.54) is 6.08 Å². The number of para-hydroxylation sites is 1. The Bertz CT molecular complexity index is 499. The number of halogens is 1. The molecule has 4 heteroatoms. The fourth-order valence-electron chi connectivity index (χ4n) is 1.73. The van der Waals surface area contributed by atoms with E-state index in [9.17, 15) is 4.79 Å². The number of carboxylic acids is 1. The van der Waals surface area contributed by atoms with Gasteiger partial charge in [0.05, 0.1) is 10.7 Å². The Morgan fingerprint density at radius 1 is 1.32 bits per heavy atom. The second-order valence-electron chi connectivity index (χ2n) is 3.83. The average molecular weight is 278 g/mol. The van der Waals surface area contributed by atoms with Crippen LogP contribution in [0.2, 0.25) is 5.02 Å². The summed E-state index contributed by atoms with van der Waals surface area (Å²) < 4.78 is 0. The predicted molar refractivity (Wildman–Crippen MR) is 80.7 cm³/mol. The summed E-state index contributed by atoms with van der Waals surface area (Å²) in [6, 6.07) is 5.38. The van der Waals surface area contributed by atoms with Crippen LogP contribution in [0.4, 0.5) is 5.69 Å². The number of hydrogen-bond acceptors (Lipinski definition) is 2. The Morgan fingerprint density at radius 3 is 2.47 bits per heavy atom. The minimum Gasteiger partial charge on any atom is -0.478 e. The summed E-state index contributed by atoms with van der Waals surface area (Å²) in [6.07, 6.45) is 6.15. The molecule has 0 saturated carbocycles. The van der Waals surface area contributed by atoms with Crippen LogP contribution in [-0.2, 0) is 4.79 Å². The van der Waals surface area contributed by atoms with Crippen LogP contribution in [0.1, 0.15) is 5.56 Å². The Hall–Kier alpha value is -2.00. The standard InChI is InChI=1S/C15H16ClNO2/c1-3-10-17(11-4-2)15-12(8-9-14(18)19)6-5-7-13(15)16/h3-9H,1-2,10-11H2,(H,18,19)/b9-8+. The Morgan fingerprint density at radius 2 is 1.95 bits per heavy atom. The Kier molecular flexibility index (Phi) is 5.90. The molecule has 3 nitrogen and oxygen atoms in total. The van der Waals surface area contributed by atoms with Crippen molar-refractivity contribution in [3.05, 3.63) is 60.2 Å². The van der Waals surface area contributed by atoms with E-state index >= 15 is 0 Å². The third-order valence-electron chi connectivity index (χ3n) is 2.44. The summed E-state index contributed by atoms with van der Waals surface area (Å²) in [7, 11) is 0. The van der Waals surface area contributed by atoms with Crippen molar-refractivity contribution in [2.75, 3.05) is 18.0 Å². The number of aliphatic carboxylic acids is 1. The van der Waals surface area contributed by atoms with Crippen LogP contribution in [0.5, 0.6) is 0 Å². The smallest absolute Gasteiger partial charge is 0.328 e. The SMILES string of the molecule is C=CCN(CC=C)c1c(Cl)cccc1/C=C/C(=O)O. The number of hydrogen-bond donors (Lipinski definition) is 1. The topological polar surface area (TPSA) is 40.5 Å². The highest BCUT2D eigenvalue weighted by molar-refractivity contribution is 6.33. The van der Waals surface area contributed by atoms with Gasteiger partial charge in [-0.2, -0.15) is 0 Å². The summed E-state index contributed by atoms with van der Waals surface area (Å²) in [5, 5.41) is 9.28. The van der Waals surface area contributed by atoms with Gasteiger partial charge in [0, 0.05) is 19.2 Å². The molecule has 0 aliphatic rings. The number of carboxylic acid groups (broad SMARTS) is 1. The van der Waals surface area contributed by atoms with E-state index in [4.69, 9.17) is 16.7 Å². The lowest BCUT2D eigenvalue weighted by molar-refractivity contribution is -0.131. The molecule has 0 spiro atoms. The van der Waals surface area contributed by atoms with Crippen molar-refractivity contribution in [3.8, 4) is 0 Å². The van der Waals surface area contributed by atoms with E-state index in [1.807, 2.05) is 11.0 Å². The van der Waals surface area contributed by atoms with Crippen molar-refractivity contribution in [3.63, 3.8) is 0 Å². The highest BCUT2D eigenvalue weighted by atomic mass is 35.5. The summed E-state index contributed by atoms with van der Waals surface area (Å²) in [5.74, 6) is -0.995. The lowest BCUT2D eigenvalue weighted by atomic mass is 10.1. The highest BCUT2D eigenvalue weighted by Crippen LogP contribution is 2.31. The fourth-order valence-corrected chi connectivity index (χ4v) is 2.03. The van der Waals surface area contributed by atoms with Gasteiger partial charge in [0.2, 0.25) is 0 Å². The van der Waals surface area contributed by atoms with E-state index in [0.29, 0.717) is 18.1 Å². The first-order valence-corrected chi connectivity index (χ1v) is 6.14. The van der Waals surface area contributed by atoms with Crippen molar-refractivity contribution in [2.45, 2.75) is 0 Å². The summed E-state index contributed by atoms with van der Waals surface area (Å²) in [4.78, 5) is 12.6. The first-order valence-electron chi connectivity index (χ1n) is 5.76. The molecule has 0 atom stereocenters. The van der Waals surface area contributed by atoms with Crippen molar-refractivity contribution in [1.82, 2.24) is 0 Å². The van der Waals surface area contributed by atoms with Crippen molar-refractivity contribution in [1.29, 1.82) is 0 Å². The molecule has 1 aromatic carbocycles. The van der Waals surface area contributed by atoms with E-state index in [2.05, 4.69) is 13.2 Å². The minimum absolute atomic E-state index is 0.566. The maximum atomic E-state index is 10.6. The van der Waals surface area contributed by atoms with E-state index < -0.39 is 5.97 Å². The van der Waals surface area contributed by atoms with Crippen LogP contribution >= 0.6 is 11.6 Å². The highest BCUT2D eigenvalue weighted by Gasteiger charge is 2.11. The first-order chi connectivity index (χ1) is 9.10. The zero-order chi connectivity index (χ0) is 14.3. The maximum absolute atomic E-state index is 10.6. The molecular weight excluding hydrogens is 262 g/mol. The number of carbonyl (C=O) groups is 1. The van der Waals surface area contributed by atoms with Crippen LogP contribution in [0.15, 0.2) is 49.6 Å².